The summed E-state index contributed by atoms with van der Waals surface area (Å²) in [6, 6.07) is 23.8. The van der Waals surface area contributed by atoms with Crippen molar-refractivity contribution in [2.24, 2.45) is 14.1 Å². The molecular formula is C26H19N9. The first-order chi connectivity index (χ1) is 17.2. The van der Waals surface area contributed by atoms with Gasteiger partial charge in [-0.25, -0.2) is 29.9 Å². The minimum absolute atomic E-state index is 0.431. The van der Waals surface area contributed by atoms with E-state index in [1.165, 1.54) is 0 Å². The van der Waals surface area contributed by atoms with Crippen molar-refractivity contribution in [3.05, 3.63) is 72.8 Å². The molecule has 0 saturated heterocycles. The molecular weight excluding hydrogens is 438 g/mol. The molecule has 0 bridgehead atoms. The van der Waals surface area contributed by atoms with Crippen molar-refractivity contribution in [3.8, 4) is 34.9 Å². The van der Waals surface area contributed by atoms with Crippen LogP contribution in [0.1, 0.15) is 0 Å². The molecule has 3 aromatic carbocycles. The van der Waals surface area contributed by atoms with Gasteiger partial charge in [0.15, 0.2) is 34.9 Å². The van der Waals surface area contributed by atoms with E-state index in [9.17, 15) is 0 Å². The average Bonchev–Trinajstić information content (AvgIpc) is 3.58. The van der Waals surface area contributed by atoms with E-state index in [0.717, 1.165) is 33.1 Å². The van der Waals surface area contributed by atoms with Crippen molar-refractivity contribution in [2.45, 2.75) is 0 Å². The van der Waals surface area contributed by atoms with E-state index < -0.39 is 0 Å². The topological polar surface area (TPSA) is 103 Å². The van der Waals surface area contributed by atoms with E-state index in [1.807, 2.05) is 96.0 Å². The van der Waals surface area contributed by atoms with Crippen LogP contribution in [0, 0.1) is 0 Å². The molecule has 0 aliphatic rings. The summed E-state index contributed by atoms with van der Waals surface area (Å²) in [5, 5.41) is 0. The Balaban J connectivity index is 1.50. The molecule has 0 saturated carbocycles. The molecule has 0 aliphatic carbocycles. The van der Waals surface area contributed by atoms with Crippen LogP contribution < -0.4 is 0 Å². The summed E-state index contributed by atoms with van der Waals surface area (Å²) < 4.78 is 3.98. The van der Waals surface area contributed by atoms with Gasteiger partial charge >= 0.3 is 0 Å². The van der Waals surface area contributed by atoms with E-state index in [-0.39, 0.29) is 0 Å². The van der Waals surface area contributed by atoms with E-state index in [1.54, 1.807) is 0 Å². The van der Waals surface area contributed by atoms with Gasteiger partial charge in [0.2, 0.25) is 0 Å². The van der Waals surface area contributed by atoms with Gasteiger partial charge < -0.3 is 14.1 Å². The molecule has 0 spiro atoms. The van der Waals surface area contributed by atoms with Gasteiger partial charge in [-0.3, -0.25) is 0 Å². The number of aromatic nitrogens is 9. The molecule has 35 heavy (non-hydrogen) atoms. The zero-order valence-electron chi connectivity index (χ0n) is 19.0. The van der Waals surface area contributed by atoms with Gasteiger partial charge in [-0.05, 0) is 36.4 Å². The first-order valence-corrected chi connectivity index (χ1v) is 11.2. The molecule has 9 nitrogen and oxygen atoms in total. The molecule has 168 valence electrons. The largest absolute Gasteiger partial charge is 0.335 e. The van der Waals surface area contributed by atoms with Crippen LogP contribution in [0.2, 0.25) is 0 Å². The van der Waals surface area contributed by atoms with Crippen molar-refractivity contribution in [3.63, 3.8) is 0 Å². The van der Waals surface area contributed by atoms with Crippen LogP contribution in [0.25, 0.3) is 68.0 Å². The van der Waals surface area contributed by atoms with Gasteiger partial charge in [0.05, 0.1) is 33.1 Å². The van der Waals surface area contributed by atoms with Crippen LogP contribution in [-0.2, 0) is 14.1 Å². The highest BCUT2D eigenvalue weighted by molar-refractivity contribution is 5.82. The minimum Gasteiger partial charge on any atom is -0.335 e. The van der Waals surface area contributed by atoms with Crippen LogP contribution in [0.4, 0.5) is 0 Å². The Bertz CT molecular complexity index is 1760. The molecule has 0 atom stereocenters. The van der Waals surface area contributed by atoms with Gasteiger partial charge in [0.1, 0.15) is 0 Å². The summed E-state index contributed by atoms with van der Waals surface area (Å²) in [6.07, 6.45) is 0. The fourth-order valence-electron chi connectivity index (χ4n) is 4.43. The molecule has 0 amide bonds. The molecule has 7 rings (SSSR count). The van der Waals surface area contributed by atoms with Crippen LogP contribution in [-0.4, -0.2) is 44.0 Å². The Morgan fingerprint density at radius 1 is 0.514 bits per heavy atom. The number of nitrogens with zero attached hydrogens (tertiary/aromatic N) is 8. The smallest absolute Gasteiger partial charge is 0.200 e. The Kier molecular flexibility index (Phi) is 4.07. The van der Waals surface area contributed by atoms with Gasteiger partial charge in [-0.2, -0.15) is 0 Å². The van der Waals surface area contributed by atoms with Crippen LogP contribution in [0.3, 0.4) is 0 Å². The second-order valence-corrected chi connectivity index (χ2v) is 8.38. The van der Waals surface area contributed by atoms with Crippen LogP contribution in [0.5, 0.6) is 0 Å². The zero-order valence-corrected chi connectivity index (χ0v) is 19.0. The van der Waals surface area contributed by atoms with Gasteiger partial charge in [0, 0.05) is 14.1 Å². The van der Waals surface area contributed by atoms with Gasteiger partial charge in [-0.1, -0.05) is 36.4 Å². The third-order valence-corrected chi connectivity index (χ3v) is 6.21. The molecule has 7 aromatic rings. The summed E-state index contributed by atoms with van der Waals surface area (Å²) in [6.45, 7) is 0. The summed E-state index contributed by atoms with van der Waals surface area (Å²) in [5.41, 5.74) is 5.50. The SMILES string of the molecule is Cn1c(-c2nc(-c3nc4ccccc4[nH]3)nc(-c3nc4ccccc4n3C)n2)nc2ccccc21. The van der Waals surface area contributed by atoms with Gasteiger partial charge in [0.25, 0.3) is 0 Å². The summed E-state index contributed by atoms with van der Waals surface area (Å²) in [4.78, 5) is 32.1. The monoisotopic (exact) mass is 457 g/mol. The number of rotatable bonds is 3. The molecule has 1 N–H and O–H groups in total. The molecule has 0 aliphatic heterocycles. The lowest BCUT2D eigenvalue weighted by atomic mass is 10.3. The van der Waals surface area contributed by atoms with Crippen molar-refractivity contribution >= 4 is 33.1 Å². The Morgan fingerprint density at radius 2 is 1.00 bits per heavy atom. The lowest BCUT2D eigenvalue weighted by molar-refractivity contribution is 0.903. The number of hydrogen-bond acceptors (Lipinski definition) is 6. The van der Waals surface area contributed by atoms with E-state index in [2.05, 4.69) is 4.98 Å². The number of fused-ring (bicyclic) bond motifs is 3. The predicted octanol–water partition coefficient (Wildman–Crippen LogP) is 4.52. The van der Waals surface area contributed by atoms with Crippen LogP contribution in [0.15, 0.2) is 72.8 Å². The summed E-state index contributed by atoms with van der Waals surface area (Å²) in [5.74, 6) is 3.19. The fraction of sp³-hybridized carbons (Fsp3) is 0.0769. The number of aromatic amines is 1. The lowest BCUT2D eigenvalue weighted by Crippen LogP contribution is -2.06. The number of H-pyrrole nitrogens is 1. The maximum Gasteiger partial charge on any atom is 0.200 e. The Morgan fingerprint density at radius 3 is 1.54 bits per heavy atom. The Hall–Kier alpha value is -4.92. The fourth-order valence-corrected chi connectivity index (χ4v) is 4.43. The zero-order chi connectivity index (χ0) is 23.5. The number of aryl methyl sites for hydroxylation is 2. The number of hydrogen-bond donors (Lipinski definition) is 1. The Labute approximate surface area is 199 Å². The number of benzene rings is 3. The molecule has 0 radical (unpaired) electrons. The second kappa shape index (κ2) is 7.29. The molecule has 4 heterocycles. The molecule has 9 heteroatoms. The number of nitrogens with one attached hydrogen (secondary N) is 1. The average molecular weight is 458 g/mol. The first kappa shape index (κ1) is 19.5. The standard InChI is InChI=1S/C26H19N9/c1-34-19-13-7-5-11-17(19)29-25(34)23-31-22(21-27-15-9-3-4-10-16(15)28-21)32-24(33-23)26-30-18-12-6-8-14-20(18)35(26)2/h3-14H,1-2H3,(H,27,28). The van der Waals surface area contributed by atoms with E-state index in [4.69, 9.17) is 29.9 Å². The maximum absolute atomic E-state index is 4.83. The van der Waals surface area contributed by atoms with E-state index >= 15 is 0 Å². The van der Waals surface area contributed by atoms with Crippen molar-refractivity contribution in [1.82, 2.24) is 44.0 Å². The first-order valence-electron chi connectivity index (χ1n) is 11.2. The summed E-state index contributed by atoms with van der Waals surface area (Å²) in [7, 11) is 3.92. The molecule has 0 unspecified atom stereocenters. The summed E-state index contributed by atoms with van der Waals surface area (Å²) >= 11 is 0. The highest BCUT2D eigenvalue weighted by Gasteiger charge is 2.21. The van der Waals surface area contributed by atoms with Crippen molar-refractivity contribution in [2.75, 3.05) is 0 Å². The third-order valence-electron chi connectivity index (χ3n) is 6.21. The minimum atomic E-state index is 0.431. The number of imidazole rings is 3. The van der Waals surface area contributed by atoms with E-state index in [0.29, 0.717) is 34.9 Å². The third kappa shape index (κ3) is 3.02. The number of para-hydroxylation sites is 6. The van der Waals surface area contributed by atoms with Crippen molar-refractivity contribution < 1.29 is 0 Å². The maximum atomic E-state index is 4.83. The second-order valence-electron chi connectivity index (χ2n) is 8.38. The molecule has 0 fully saturated rings. The lowest BCUT2D eigenvalue weighted by Gasteiger charge is -2.07. The van der Waals surface area contributed by atoms with Crippen molar-refractivity contribution in [1.29, 1.82) is 0 Å². The predicted molar refractivity (Wildman–Crippen MR) is 134 cm³/mol. The quantitative estimate of drug-likeness (QED) is 0.418. The normalized spacial score (nSPS) is 11.7. The highest BCUT2D eigenvalue weighted by Crippen LogP contribution is 2.27. The van der Waals surface area contributed by atoms with Crippen LogP contribution >= 0.6 is 0 Å². The molecule has 4 aromatic heterocycles. The highest BCUT2D eigenvalue weighted by atomic mass is 15.2. The van der Waals surface area contributed by atoms with Gasteiger partial charge in [-0.15, -0.1) is 0 Å².